The molecule has 3 aromatic rings. The fourth-order valence-electron chi connectivity index (χ4n) is 2.56. The summed E-state index contributed by atoms with van der Waals surface area (Å²) >= 11 is 0. The van der Waals surface area contributed by atoms with E-state index in [1.807, 2.05) is 44.2 Å². The van der Waals surface area contributed by atoms with Gasteiger partial charge in [-0.15, -0.1) is 0 Å². The molecule has 1 heterocycles. The van der Waals surface area contributed by atoms with Crippen molar-refractivity contribution in [2.24, 2.45) is 0 Å². The third kappa shape index (κ3) is 3.20. The standard InChI is InChI=1S/C19H19N3O2/c1-13-10-16-17(11-14(13)2)22(12-21-16)18(23)8-9-20-19(24)15-6-4-3-5-7-15/h3-7,10-12H,8-9H2,1-2H3,(H,20,24). The lowest BCUT2D eigenvalue weighted by Gasteiger charge is -2.07. The average Bonchev–Trinajstić information content (AvgIpc) is 2.98. The van der Waals surface area contributed by atoms with Crippen molar-refractivity contribution in [3.05, 3.63) is 65.5 Å². The number of carbonyl (C=O) groups is 2. The quantitative estimate of drug-likeness (QED) is 0.803. The minimum Gasteiger partial charge on any atom is -0.352 e. The Morgan fingerprint density at radius 2 is 1.79 bits per heavy atom. The molecule has 1 aromatic heterocycles. The van der Waals surface area contributed by atoms with Crippen molar-refractivity contribution in [2.75, 3.05) is 6.54 Å². The highest BCUT2D eigenvalue weighted by Gasteiger charge is 2.12. The van der Waals surface area contributed by atoms with E-state index in [0.29, 0.717) is 5.56 Å². The molecule has 0 bridgehead atoms. The Morgan fingerprint density at radius 3 is 2.54 bits per heavy atom. The summed E-state index contributed by atoms with van der Waals surface area (Å²) in [6.45, 7) is 4.32. The first-order valence-electron chi connectivity index (χ1n) is 7.87. The molecular formula is C19H19N3O2. The lowest BCUT2D eigenvalue weighted by Crippen LogP contribution is -2.27. The Morgan fingerprint density at radius 1 is 1.08 bits per heavy atom. The second-order valence-electron chi connectivity index (χ2n) is 5.81. The molecule has 0 spiro atoms. The van der Waals surface area contributed by atoms with E-state index in [9.17, 15) is 9.59 Å². The Bertz CT molecular complexity index is 898. The van der Waals surface area contributed by atoms with Gasteiger partial charge in [0.15, 0.2) is 0 Å². The lowest BCUT2D eigenvalue weighted by atomic mass is 10.1. The molecule has 0 radical (unpaired) electrons. The zero-order valence-corrected chi connectivity index (χ0v) is 13.7. The third-order valence-corrected chi connectivity index (χ3v) is 4.09. The first-order valence-corrected chi connectivity index (χ1v) is 7.87. The highest BCUT2D eigenvalue weighted by atomic mass is 16.2. The van der Waals surface area contributed by atoms with Gasteiger partial charge < -0.3 is 5.32 Å². The van der Waals surface area contributed by atoms with Gasteiger partial charge in [-0.1, -0.05) is 18.2 Å². The normalized spacial score (nSPS) is 10.8. The summed E-state index contributed by atoms with van der Waals surface area (Å²) in [4.78, 5) is 28.7. The Kier molecular flexibility index (Phi) is 4.42. The van der Waals surface area contributed by atoms with Crippen molar-refractivity contribution in [2.45, 2.75) is 20.3 Å². The van der Waals surface area contributed by atoms with Crippen molar-refractivity contribution >= 4 is 22.8 Å². The molecule has 122 valence electrons. The van der Waals surface area contributed by atoms with Crippen LogP contribution in [0.4, 0.5) is 0 Å². The third-order valence-electron chi connectivity index (χ3n) is 4.09. The van der Waals surface area contributed by atoms with Gasteiger partial charge in [-0.2, -0.15) is 0 Å². The van der Waals surface area contributed by atoms with Gasteiger partial charge in [0.05, 0.1) is 11.0 Å². The smallest absolute Gasteiger partial charge is 0.251 e. The molecular weight excluding hydrogens is 302 g/mol. The number of imidazole rings is 1. The maximum Gasteiger partial charge on any atom is 0.251 e. The largest absolute Gasteiger partial charge is 0.352 e. The van der Waals surface area contributed by atoms with Crippen LogP contribution in [0.5, 0.6) is 0 Å². The topological polar surface area (TPSA) is 64.0 Å². The van der Waals surface area contributed by atoms with Gasteiger partial charge in [0.2, 0.25) is 5.91 Å². The SMILES string of the molecule is Cc1cc2ncn(C(=O)CCNC(=O)c3ccccc3)c2cc1C. The number of aromatic nitrogens is 2. The van der Waals surface area contributed by atoms with E-state index in [4.69, 9.17) is 0 Å². The van der Waals surface area contributed by atoms with Gasteiger partial charge in [0.1, 0.15) is 6.33 Å². The number of hydrogen-bond donors (Lipinski definition) is 1. The van der Waals surface area contributed by atoms with E-state index in [1.54, 1.807) is 23.0 Å². The summed E-state index contributed by atoms with van der Waals surface area (Å²) in [6.07, 6.45) is 1.77. The number of nitrogens with zero attached hydrogens (tertiary/aromatic N) is 2. The maximum absolute atomic E-state index is 12.4. The first-order chi connectivity index (χ1) is 11.6. The van der Waals surface area contributed by atoms with Gasteiger partial charge >= 0.3 is 0 Å². The molecule has 0 unspecified atom stereocenters. The predicted octanol–water partition coefficient (Wildman–Crippen LogP) is 3.11. The summed E-state index contributed by atoms with van der Waals surface area (Å²) < 4.78 is 1.55. The van der Waals surface area contributed by atoms with Crippen LogP contribution in [0.2, 0.25) is 0 Å². The number of hydrogen-bond acceptors (Lipinski definition) is 3. The zero-order chi connectivity index (χ0) is 17.1. The molecule has 3 rings (SSSR count). The van der Waals surface area contributed by atoms with Crippen LogP contribution in [0, 0.1) is 13.8 Å². The molecule has 0 atom stereocenters. The molecule has 5 heteroatoms. The van der Waals surface area contributed by atoms with E-state index >= 15 is 0 Å². The van der Waals surface area contributed by atoms with Crippen LogP contribution < -0.4 is 5.32 Å². The molecule has 5 nitrogen and oxygen atoms in total. The van der Waals surface area contributed by atoms with Gasteiger partial charge in [-0.05, 0) is 49.2 Å². The highest BCUT2D eigenvalue weighted by Crippen LogP contribution is 2.18. The number of rotatable bonds is 4. The van der Waals surface area contributed by atoms with Crippen molar-refractivity contribution in [1.29, 1.82) is 0 Å². The van der Waals surface area contributed by atoms with Crippen LogP contribution in [-0.4, -0.2) is 27.9 Å². The molecule has 24 heavy (non-hydrogen) atoms. The van der Waals surface area contributed by atoms with E-state index in [1.165, 1.54) is 0 Å². The molecule has 1 amide bonds. The number of fused-ring (bicyclic) bond motifs is 1. The summed E-state index contributed by atoms with van der Waals surface area (Å²) in [7, 11) is 0. The fourth-order valence-corrected chi connectivity index (χ4v) is 2.56. The summed E-state index contributed by atoms with van der Waals surface area (Å²) in [5.41, 5.74) is 4.46. The lowest BCUT2D eigenvalue weighted by molar-refractivity contribution is 0.0897. The van der Waals surface area contributed by atoms with E-state index < -0.39 is 0 Å². The van der Waals surface area contributed by atoms with Crippen molar-refractivity contribution in [1.82, 2.24) is 14.9 Å². The van der Waals surface area contributed by atoms with Gasteiger partial charge in [0, 0.05) is 18.5 Å². The number of aryl methyl sites for hydroxylation is 2. The summed E-state index contributed by atoms with van der Waals surface area (Å²) in [5.74, 6) is -0.264. The monoisotopic (exact) mass is 321 g/mol. The summed E-state index contributed by atoms with van der Waals surface area (Å²) in [5, 5.41) is 2.77. The fraction of sp³-hybridized carbons (Fsp3) is 0.211. The van der Waals surface area contributed by atoms with Gasteiger partial charge in [-0.3, -0.25) is 14.2 Å². The van der Waals surface area contributed by atoms with E-state index in [0.717, 1.165) is 22.2 Å². The van der Waals surface area contributed by atoms with Crippen LogP contribution in [0.25, 0.3) is 11.0 Å². The molecule has 2 aromatic carbocycles. The van der Waals surface area contributed by atoms with Crippen molar-refractivity contribution < 1.29 is 9.59 Å². The first kappa shape index (κ1) is 15.9. The molecule has 0 saturated carbocycles. The van der Waals surface area contributed by atoms with Crippen LogP contribution >= 0.6 is 0 Å². The zero-order valence-electron chi connectivity index (χ0n) is 13.7. The number of carbonyl (C=O) groups excluding carboxylic acids is 2. The Hall–Kier alpha value is -2.95. The van der Waals surface area contributed by atoms with Gasteiger partial charge in [0.25, 0.3) is 5.91 Å². The Balaban J connectivity index is 1.65. The van der Waals surface area contributed by atoms with Crippen LogP contribution in [0.15, 0.2) is 48.8 Å². The second-order valence-corrected chi connectivity index (χ2v) is 5.81. The van der Waals surface area contributed by atoms with E-state index in [-0.39, 0.29) is 24.8 Å². The maximum atomic E-state index is 12.4. The minimum absolute atomic E-state index is 0.0888. The molecule has 0 aliphatic heterocycles. The van der Waals surface area contributed by atoms with Gasteiger partial charge in [-0.25, -0.2) is 4.98 Å². The number of benzene rings is 2. The minimum atomic E-state index is -0.176. The average molecular weight is 321 g/mol. The second kappa shape index (κ2) is 6.66. The molecule has 0 aliphatic carbocycles. The predicted molar refractivity (Wildman–Crippen MR) is 93.2 cm³/mol. The van der Waals surface area contributed by atoms with Crippen LogP contribution in [0.1, 0.15) is 32.7 Å². The molecule has 1 N–H and O–H groups in total. The molecule has 0 fully saturated rings. The summed E-state index contributed by atoms with van der Waals surface area (Å²) in [6, 6.07) is 12.9. The molecule has 0 saturated heterocycles. The van der Waals surface area contributed by atoms with Crippen LogP contribution in [-0.2, 0) is 0 Å². The highest BCUT2D eigenvalue weighted by molar-refractivity contribution is 5.95. The Labute approximate surface area is 140 Å². The van der Waals surface area contributed by atoms with E-state index in [2.05, 4.69) is 10.3 Å². The number of nitrogens with one attached hydrogen (secondary N) is 1. The van der Waals surface area contributed by atoms with Crippen molar-refractivity contribution in [3.63, 3.8) is 0 Å². The van der Waals surface area contributed by atoms with Crippen molar-refractivity contribution in [3.8, 4) is 0 Å². The number of amides is 1. The van der Waals surface area contributed by atoms with Crippen LogP contribution in [0.3, 0.4) is 0 Å². The molecule has 0 aliphatic rings.